The van der Waals surface area contributed by atoms with E-state index in [1.807, 2.05) is 37.5 Å². The zero-order chi connectivity index (χ0) is 12.7. The van der Waals surface area contributed by atoms with Gasteiger partial charge < -0.3 is 24.0 Å². The van der Waals surface area contributed by atoms with Gasteiger partial charge in [0.05, 0.1) is 18.3 Å². The number of pyridine rings is 1. The summed E-state index contributed by atoms with van der Waals surface area (Å²) in [5.74, 6) is 0. The summed E-state index contributed by atoms with van der Waals surface area (Å²) in [4.78, 5) is 0. The van der Waals surface area contributed by atoms with Crippen molar-refractivity contribution in [1.82, 2.24) is 4.40 Å². The Morgan fingerprint density at radius 3 is 2.58 bits per heavy atom. The van der Waals surface area contributed by atoms with Crippen LogP contribution in [0.15, 0.2) is 48.8 Å². The van der Waals surface area contributed by atoms with Crippen molar-refractivity contribution in [2.45, 2.75) is 0 Å². The lowest BCUT2D eigenvalue weighted by atomic mass is 10.1. The third-order valence-electron chi connectivity index (χ3n) is 3.04. The molecule has 0 aliphatic rings. The van der Waals surface area contributed by atoms with Crippen LogP contribution in [0.3, 0.4) is 0 Å². The molecule has 0 atom stereocenters. The van der Waals surface area contributed by atoms with Gasteiger partial charge in [-0.25, -0.2) is 8.97 Å². The summed E-state index contributed by atoms with van der Waals surface area (Å²) in [6.07, 6.45) is 4.08. The second kappa shape index (κ2) is 5.69. The van der Waals surface area contributed by atoms with Crippen LogP contribution >= 0.6 is 23.2 Å². The van der Waals surface area contributed by atoms with E-state index in [9.17, 15) is 0 Å². The van der Waals surface area contributed by atoms with Gasteiger partial charge in [-0.2, -0.15) is 0 Å². The standard InChI is InChI=1S/C14H11Cl2N2.HI/c1-17-13(9-18-7-3-2-4-14(17)18)11-6-5-10(15)8-12(11)16;/h2-9H,1H3;1H/q+1;/p-1. The van der Waals surface area contributed by atoms with E-state index in [-0.39, 0.29) is 24.0 Å². The van der Waals surface area contributed by atoms with Crippen LogP contribution in [0.5, 0.6) is 0 Å². The van der Waals surface area contributed by atoms with Gasteiger partial charge in [0.15, 0.2) is 5.69 Å². The third-order valence-corrected chi connectivity index (χ3v) is 3.59. The predicted molar refractivity (Wildman–Crippen MR) is 74.0 cm³/mol. The van der Waals surface area contributed by atoms with Gasteiger partial charge in [0.25, 0.3) is 5.65 Å². The largest absolute Gasteiger partial charge is 1.00 e. The van der Waals surface area contributed by atoms with Crippen LogP contribution in [0.1, 0.15) is 0 Å². The predicted octanol–water partition coefficient (Wildman–Crippen LogP) is 0.742. The van der Waals surface area contributed by atoms with E-state index in [4.69, 9.17) is 23.2 Å². The number of halogens is 3. The van der Waals surface area contributed by atoms with Gasteiger partial charge >= 0.3 is 0 Å². The molecule has 0 saturated heterocycles. The first-order valence-corrected chi connectivity index (χ1v) is 6.33. The molecule has 2 nitrogen and oxygen atoms in total. The molecule has 0 bridgehead atoms. The van der Waals surface area contributed by atoms with E-state index in [2.05, 4.69) is 21.2 Å². The molecule has 5 heteroatoms. The van der Waals surface area contributed by atoms with E-state index in [1.165, 1.54) is 0 Å². The molecule has 0 fully saturated rings. The minimum atomic E-state index is 0. The summed E-state index contributed by atoms with van der Waals surface area (Å²) in [5, 5.41) is 1.31. The van der Waals surface area contributed by atoms with Crippen molar-refractivity contribution in [3.05, 3.63) is 58.8 Å². The number of hydrogen-bond acceptors (Lipinski definition) is 0. The summed E-state index contributed by atoms with van der Waals surface area (Å²) < 4.78 is 4.18. The molecular weight excluding hydrogens is 394 g/mol. The van der Waals surface area contributed by atoms with E-state index in [0.717, 1.165) is 16.9 Å². The monoisotopic (exact) mass is 404 g/mol. The second-order valence-electron chi connectivity index (χ2n) is 4.16. The first-order valence-electron chi connectivity index (χ1n) is 5.58. The molecular formula is C14H11Cl2IN2. The maximum Gasteiger partial charge on any atom is 0.286 e. The molecule has 0 aliphatic carbocycles. The molecule has 3 aromatic rings. The van der Waals surface area contributed by atoms with Gasteiger partial charge in [-0.3, -0.25) is 0 Å². The summed E-state index contributed by atoms with van der Waals surface area (Å²) in [7, 11) is 2.02. The van der Waals surface area contributed by atoms with Gasteiger partial charge in [-0.05, 0) is 24.3 Å². The van der Waals surface area contributed by atoms with E-state index in [1.54, 1.807) is 6.07 Å². The molecule has 0 amide bonds. The maximum atomic E-state index is 6.26. The van der Waals surface area contributed by atoms with Crippen molar-refractivity contribution in [2.75, 3.05) is 0 Å². The quantitative estimate of drug-likeness (QED) is 0.417. The Morgan fingerprint density at radius 1 is 1.11 bits per heavy atom. The molecule has 2 heterocycles. The smallest absolute Gasteiger partial charge is 0.286 e. The average molecular weight is 405 g/mol. The van der Waals surface area contributed by atoms with Gasteiger partial charge in [-0.1, -0.05) is 29.3 Å². The minimum absolute atomic E-state index is 0. The lowest BCUT2D eigenvalue weighted by Crippen LogP contribution is -3.00. The van der Waals surface area contributed by atoms with Crippen LogP contribution in [-0.2, 0) is 7.05 Å². The zero-order valence-corrected chi connectivity index (χ0v) is 13.8. The highest BCUT2D eigenvalue weighted by Gasteiger charge is 2.17. The fourth-order valence-corrected chi connectivity index (χ4v) is 2.64. The molecule has 0 unspecified atom stereocenters. The van der Waals surface area contributed by atoms with Crippen molar-refractivity contribution in [3.63, 3.8) is 0 Å². The van der Waals surface area contributed by atoms with E-state index < -0.39 is 0 Å². The maximum absolute atomic E-state index is 6.26. The Balaban J connectivity index is 0.00000133. The summed E-state index contributed by atoms with van der Waals surface area (Å²) >= 11 is 12.2. The second-order valence-corrected chi connectivity index (χ2v) is 5.01. The first kappa shape index (κ1) is 14.6. The number of aromatic nitrogens is 2. The fraction of sp³-hybridized carbons (Fsp3) is 0.0714. The molecule has 0 radical (unpaired) electrons. The Morgan fingerprint density at radius 2 is 1.89 bits per heavy atom. The molecule has 0 aliphatic heterocycles. The van der Waals surface area contributed by atoms with E-state index in [0.29, 0.717) is 10.0 Å². The van der Waals surface area contributed by atoms with Crippen LogP contribution in [0.25, 0.3) is 16.9 Å². The third kappa shape index (κ3) is 2.59. The summed E-state index contributed by atoms with van der Waals surface area (Å²) in [5.41, 5.74) is 3.15. The summed E-state index contributed by atoms with van der Waals surface area (Å²) in [6.45, 7) is 0. The van der Waals surface area contributed by atoms with Crippen LogP contribution in [0.2, 0.25) is 10.0 Å². The minimum Gasteiger partial charge on any atom is -1.00 e. The fourth-order valence-electron chi connectivity index (χ4n) is 2.13. The Bertz CT molecular complexity index is 737. The lowest BCUT2D eigenvalue weighted by Gasteiger charge is -2.01. The van der Waals surface area contributed by atoms with Gasteiger partial charge in [0.1, 0.15) is 6.20 Å². The van der Waals surface area contributed by atoms with Crippen molar-refractivity contribution in [2.24, 2.45) is 7.05 Å². The highest BCUT2D eigenvalue weighted by atomic mass is 127. The SMILES string of the molecule is C[n+]1c(-c2ccc(Cl)cc2Cl)cn2ccccc21.[I-]. The molecule has 0 N–H and O–H groups in total. The number of nitrogens with zero attached hydrogens (tertiary/aromatic N) is 2. The highest BCUT2D eigenvalue weighted by Crippen LogP contribution is 2.28. The Kier molecular flexibility index (Phi) is 4.38. The van der Waals surface area contributed by atoms with Crippen molar-refractivity contribution < 1.29 is 28.5 Å². The zero-order valence-electron chi connectivity index (χ0n) is 10.1. The number of imidazole rings is 1. The normalized spacial score (nSPS) is 10.5. The lowest BCUT2D eigenvalue weighted by molar-refractivity contribution is -0.633. The van der Waals surface area contributed by atoms with Gasteiger partial charge in [0, 0.05) is 16.7 Å². The Labute approximate surface area is 138 Å². The molecule has 19 heavy (non-hydrogen) atoms. The number of hydrogen-bond donors (Lipinski definition) is 0. The number of rotatable bonds is 1. The molecule has 0 saturated carbocycles. The molecule has 0 spiro atoms. The van der Waals surface area contributed by atoms with E-state index >= 15 is 0 Å². The van der Waals surface area contributed by atoms with Crippen LogP contribution in [0, 0.1) is 0 Å². The van der Waals surface area contributed by atoms with Gasteiger partial charge in [-0.15, -0.1) is 0 Å². The first-order chi connectivity index (χ1) is 8.66. The van der Waals surface area contributed by atoms with Crippen molar-refractivity contribution >= 4 is 28.8 Å². The van der Waals surface area contributed by atoms with Crippen LogP contribution < -0.4 is 28.5 Å². The summed E-state index contributed by atoms with van der Waals surface area (Å²) in [6, 6.07) is 11.6. The van der Waals surface area contributed by atoms with Crippen molar-refractivity contribution in [3.8, 4) is 11.3 Å². The molecule has 3 rings (SSSR count). The number of benzene rings is 1. The number of aryl methyl sites for hydroxylation is 1. The number of fused-ring (bicyclic) bond motifs is 1. The van der Waals surface area contributed by atoms with Gasteiger partial charge in [0.2, 0.25) is 0 Å². The average Bonchev–Trinajstić information content (AvgIpc) is 2.68. The Hall–Kier alpha value is -0.780. The topological polar surface area (TPSA) is 8.29 Å². The molecule has 98 valence electrons. The molecule has 2 aromatic heterocycles. The highest BCUT2D eigenvalue weighted by molar-refractivity contribution is 6.36. The van der Waals surface area contributed by atoms with Crippen LogP contribution in [0.4, 0.5) is 0 Å². The molecule has 1 aromatic carbocycles. The van der Waals surface area contributed by atoms with Crippen molar-refractivity contribution in [1.29, 1.82) is 0 Å². The van der Waals surface area contributed by atoms with Crippen LogP contribution in [-0.4, -0.2) is 4.40 Å².